The van der Waals surface area contributed by atoms with E-state index < -0.39 is 0 Å². The monoisotopic (exact) mass is 261 g/mol. The minimum Gasteiger partial charge on any atom is -0.497 e. The molecule has 1 aromatic carbocycles. The van der Waals surface area contributed by atoms with Crippen LogP contribution in [0.15, 0.2) is 41.0 Å². The van der Waals surface area contributed by atoms with Gasteiger partial charge in [0.2, 0.25) is 5.91 Å². The smallest absolute Gasteiger partial charge is 0.250 e. The van der Waals surface area contributed by atoms with Crippen LogP contribution in [-0.4, -0.2) is 26.7 Å². The molecule has 100 valence electrons. The number of anilines is 1. The number of hydrogen-bond acceptors (Lipinski definition) is 4. The fraction of sp³-hybridized carbons (Fsp3) is 0.214. The molecular formula is C14H15NO4. The van der Waals surface area contributed by atoms with Gasteiger partial charge < -0.3 is 19.2 Å². The lowest BCUT2D eigenvalue weighted by molar-refractivity contribution is -0.119. The Balaban J connectivity index is 2.34. The van der Waals surface area contributed by atoms with Gasteiger partial charge in [-0.1, -0.05) is 0 Å². The molecule has 1 heterocycles. The van der Waals surface area contributed by atoms with Gasteiger partial charge in [0.25, 0.3) is 0 Å². The van der Waals surface area contributed by atoms with Gasteiger partial charge in [0, 0.05) is 12.7 Å². The zero-order chi connectivity index (χ0) is 13.7. The van der Waals surface area contributed by atoms with Crippen molar-refractivity contribution in [2.75, 3.05) is 26.1 Å². The van der Waals surface area contributed by atoms with Crippen LogP contribution in [0.3, 0.4) is 0 Å². The normalized spacial score (nSPS) is 10.2. The van der Waals surface area contributed by atoms with Crippen LogP contribution in [0.1, 0.15) is 0 Å². The Kier molecular flexibility index (Phi) is 4.20. The van der Waals surface area contributed by atoms with Gasteiger partial charge in [-0.15, -0.1) is 0 Å². The molecule has 0 spiro atoms. The molecule has 0 unspecified atom stereocenters. The summed E-state index contributed by atoms with van der Waals surface area (Å²) in [5.74, 6) is 1.13. The molecule has 1 amide bonds. The van der Waals surface area contributed by atoms with E-state index in [1.807, 2.05) is 6.07 Å². The van der Waals surface area contributed by atoms with Crippen molar-refractivity contribution in [3.05, 3.63) is 36.6 Å². The first-order valence-corrected chi connectivity index (χ1v) is 5.75. The van der Waals surface area contributed by atoms with Crippen LogP contribution in [0.2, 0.25) is 0 Å². The first-order valence-electron chi connectivity index (χ1n) is 5.75. The molecule has 0 aliphatic heterocycles. The second kappa shape index (κ2) is 6.06. The van der Waals surface area contributed by atoms with Crippen LogP contribution in [0.25, 0.3) is 11.3 Å². The van der Waals surface area contributed by atoms with Crippen molar-refractivity contribution in [3.8, 4) is 17.1 Å². The highest BCUT2D eigenvalue weighted by Gasteiger charge is 2.11. The first kappa shape index (κ1) is 13.2. The largest absolute Gasteiger partial charge is 0.497 e. The lowest BCUT2D eigenvalue weighted by Gasteiger charge is -2.11. The zero-order valence-electron chi connectivity index (χ0n) is 10.8. The molecule has 0 atom stereocenters. The Morgan fingerprint density at radius 2 is 2.16 bits per heavy atom. The quantitative estimate of drug-likeness (QED) is 0.898. The highest BCUT2D eigenvalue weighted by atomic mass is 16.5. The average molecular weight is 261 g/mol. The van der Waals surface area contributed by atoms with Crippen LogP contribution in [0.4, 0.5) is 5.69 Å². The fourth-order valence-electron chi connectivity index (χ4n) is 1.71. The molecule has 5 heteroatoms. The Morgan fingerprint density at radius 1 is 1.32 bits per heavy atom. The fourth-order valence-corrected chi connectivity index (χ4v) is 1.71. The number of nitrogens with one attached hydrogen (secondary N) is 1. The summed E-state index contributed by atoms with van der Waals surface area (Å²) in [6.45, 7) is 0.00360. The number of rotatable bonds is 5. The Morgan fingerprint density at radius 3 is 2.79 bits per heavy atom. The second-order valence-electron chi connectivity index (χ2n) is 3.87. The highest BCUT2D eigenvalue weighted by Crippen LogP contribution is 2.32. The number of carbonyl (C=O) groups excluding carboxylic acids is 1. The van der Waals surface area contributed by atoms with Crippen molar-refractivity contribution in [1.82, 2.24) is 0 Å². The minimum absolute atomic E-state index is 0.00360. The van der Waals surface area contributed by atoms with Crippen molar-refractivity contribution in [3.63, 3.8) is 0 Å². The maximum absolute atomic E-state index is 11.6. The van der Waals surface area contributed by atoms with Gasteiger partial charge in [0.1, 0.15) is 18.1 Å². The molecule has 19 heavy (non-hydrogen) atoms. The molecule has 0 aliphatic carbocycles. The van der Waals surface area contributed by atoms with Crippen LogP contribution >= 0.6 is 0 Å². The van der Waals surface area contributed by atoms with Gasteiger partial charge in [0.05, 0.1) is 19.1 Å². The summed E-state index contributed by atoms with van der Waals surface area (Å²) >= 11 is 0. The summed E-state index contributed by atoms with van der Waals surface area (Å²) in [6, 6.07) is 8.96. The summed E-state index contributed by atoms with van der Waals surface area (Å²) in [7, 11) is 3.06. The van der Waals surface area contributed by atoms with Crippen molar-refractivity contribution >= 4 is 11.6 Å². The van der Waals surface area contributed by atoms with E-state index in [-0.39, 0.29) is 12.5 Å². The van der Waals surface area contributed by atoms with Crippen molar-refractivity contribution < 1.29 is 18.7 Å². The zero-order valence-corrected chi connectivity index (χ0v) is 10.8. The SMILES string of the molecule is COCC(=O)Nc1ccc(OC)cc1-c1ccco1. The molecule has 0 radical (unpaired) electrons. The first-order chi connectivity index (χ1) is 9.24. The van der Waals surface area contributed by atoms with E-state index in [0.717, 1.165) is 5.56 Å². The van der Waals surface area contributed by atoms with E-state index >= 15 is 0 Å². The number of hydrogen-bond donors (Lipinski definition) is 1. The molecule has 0 aliphatic rings. The van der Waals surface area contributed by atoms with E-state index in [0.29, 0.717) is 17.2 Å². The number of benzene rings is 1. The molecule has 0 saturated heterocycles. The third-order valence-electron chi connectivity index (χ3n) is 2.56. The van der Waals surface area contributed by atoms with Crippen LogP contribution in [-0.2, 0) is 9.53 Å². The minimum atomic E-state index is -0.222. The molecule has 1 aromatic heterocycles. The summed E-state index contributed by atoms with van der Waals surface area (Å²) in [5.41, 5.74) is 1.41. The molecule has 0 fully saturated rings. The van der Waals surface area contributed by atoms with Gasteiger partial charge in [-0.2, -0.15) is 0 Å². The van der Waals surface area contributed by atoms with E-state index in [1.165, 1.54) is 7.11 Å². The van der Waals surface area contributed by atoms with E-state index in [1.54, 1.807) is 37.6 Å². The van der Waals surface area contributed by atoms with Gasteiger partial charge in [-0.05, 0) is 30.3 Å². The van der Waals surface area contributed by atoms with Crippen LogP contribution in [0.5, 0.6) is 5.75 Å². The topological polar surface area (TPSA) is 60.7 Å². The van der Waals surface area contributed by atoms with Crippen molar-refractivity contribution in [2.24, 2.45) is 0 Å². The number of carbonyl (C=O) groups is 1. The van der Waals surface area contributed by atoms with E-state index in [2.05, 4.69) is 5.32 Å². The molecule has 0 bridgehead atoms. The molecule has 2 rings (SSSR count). The van der Waals surface area contributed by atoms with Crippen LogP contribution in [0, 0.1) is 0 Å². The summed E-state index contributed by atoms with van der Waals surface area (Å²) in [4.78, 5) is 11.6. The highest BCUT2D eigenvalue weighted by molar-refractivity contribution is 5.95. The number of furan rings is 1. The predicted octanol–water partition coefficient (Wildman–Crippen LogP) is 2.54. The van der Waals surface area contributed by atoms with Crippen LogP contribution < -0.4 is 10.1 Å². The standard InChI is InChI=1S/C14H15NO4/c1-17-9-14(16)15-12-6-5-10(18-2)8-11(12)13-4-3-7-19-13/h3-8H,9H2,1-2H3,(H,15,16). The average Bonchev–Trinajstić information content (AvgIpc) is 2.93. The lowest BCUT2D eigenvalue weighted by Crippen LogP contribution is -2.17. The Bertz CT molecular complexity index is 549. The lowest BCUT2D eigenvalue weighted by atomic mass is 10.1. The van der Waals surface area contributed by atoms with E-state index in [9.17, 15) is 4.79 Å². The number of methoxy groups -OCH3 is 2. The second-order valence-corrected chi connectivity index (χ2v) is 3.87. The number of amides is 1. The number of ether oxygens (including phenoxy) is 2. The Hall–Kier alpha value is -2.27. The summed E-state index contributed by atoms with van der Waals surface area (Å²) in [6.07, 6.45) is 1.58. The third kappa shape index (κ3) is 3.14. The summed E-state index contributed by atoms with van der Waals surface area (Å²) in [5, 5.41) is 2.77. The third-order valence-corrected chi connectivity index (χ3v) is 2.56. The van der Waals surface area contributed by atoms with Gasteiger partial charge >= 0.3 is 0 Å². The Labute approximate surface area is 111 Å². The summed E-state index contributed by atoms with van der Waals surface area (Å²) < 4.78 is 15.3. The van der Waals surface area contributed by atoms with Crippen molar-refractivity contribution in [1.29, 1.82) is 0 Å². The van der Waals surface area contributed by atoms with Gasteiger partial charge in [0.15, 0.2) is 0 Å². The molecule has 0 saturated carbocycles. The molecule has 1 N–H and O–H groups in total. The molecule has 5 nitrogen and oxygen atoms in total. The molecular weight excluding hydrogens is 246 g/mol. The van der Waals surface area contributed by atoms with Gasteiger partial charge in [-0.3, -0.25) is 4.79 Å². The van der Waals surface area contributed by atoms with E-state index in [4.69, 9.17) is 13.9 Å². The maximum atomic E-state index is 11.6. The predicted molar refractivity (Wildman–Crippen MR) is 71.2 cm³/mol. The maximum Gasteiger partial charge on any atom is 0.250 e. The van der Waals surface area contributed by atoms with Crippen molar-refractivity contribution in [2.45, 2.75) is 0 Å². The molecule has 2 aromatic rings. The van der Waals surface area contributed by atoms with Gasteiger partial charge in [-0.25, -0.2) is 0 Å².